The van der Waals surface area contributed by atoms with E-state index in [9.17, 15) is 0 Å². The van der Waals surface area contributed by atoms with Gasteiger partial charge >= 0.3 is 0 Å². The summed E-state index contributed by atoms with van der Waals surface area (Å²) in [4.78, 5) is 0. The van der Waals surface area contributed by atoms with Gasteiger partial charge in [-0.05, 0) is 36.4 Å². The monoisotopic (exact) mass is 355 g/mol. The van der Waals surface area contributed by atoms with Gasteiger partial charge in [-0.2, -0.15) is 0 Å². The van der Waals surface area contributed by atoms with Crippen molar-refractivity contribution in [3.63, 3.8) is 0 Å². The SMILES string of the molecule is NCc1cc(Cl)ccc1OCCOc1cccc(Br)c1. The van der Waals surface area contributed by atoms with E-state index in [1.54, 1.807) is 6.07 Å². The van der Waals surface area contributed by atoms with Gasteiger partial charge in [-0.15, -0.1) is 0 Å². The van der Waals surface area contributed by atoms with Crippen molar-refractivity contribution >= 4 is 27.5 Å². The zero-order chi connectivity index (χ0) is 14.4. The molecule has 0 radical (unpaired) electrons. The third-order valence-electron chi connectivity index (χ3n) is 2.65. The van der Waals surface area contributed by atoms with E-state index in [1.165, 1.54) is 0 Å². The molecule has 0 amide bonds. The zero-order valence-electron chi connectivity index (χ0n) is 10.8. The van der Waals surface area contributed by atoms with E-state index in [4.69, 9.17) is 26.8 Å². The van der Waals surface area contributed by atoms with Crippen LogP contribution in [0.15, 0.2) is 46.9 Å². The second-order valence-electron chi connectivity index (χ2n) is 4.11. The minimum atomic E-state index is 0.391. The summed E-state index contributed by atoms with van der Waals surface area (Å²) in [6.45, 7) is 1.30. The molecule has 0 atom stereocenters. The first-order valence-electron chi connectivity index (χ1n) is 6.18. The lowest BCUT2D eigenvalue weighted by molar-refractivity contribution is 0.216. The first-order valence-corrected chi connectivity index (χ1v) is 7.36. The zero-order valence-corrected chi connectivity index (χ0v) is 13.2. The van der Waals surface area contributed by atoms with Gasteiger partial charge in [0.15, 0.2) is 0 Å². The number of rotatable bonds is 6. The van der Waals surface area contributed by atoms with Crippen LogP contribution in [0.1, 0.15) is 5.56 Å². The van der Waals surface area contributed by atoms with Crippen molar-refractivity contribution in [1.82, 2.24) is 0 Å². The molecule has 0 spiro atoms. The summed E-state index contributed by atoms with van der Waals surface area (Å²) in [7, 11) is 0. The van der Waals surface area contributed by atoms with Crippen molar-refractivity contribution in [3.05, 3.63) is 57.5 Å². The molecule has 2 aromatic rings. The van der Waals surface area contributed by atoms with Gasteiger partial charge in [-0.1, -0.05) is 33.6 Å². The van der Waals surface area contributed by atoms with Crippen molar-refractivity contribution in [2.24, 2.45) is 5.73 Å². The highest BCUT2D eigenvalue weighted by atomic mass is 79.9. The van der Waals surface area contributed by atoms with Crippen LogP contribution in [0.4, 0.5) is 0 Å². The fourth-order valence-electron chi connectivity index (χ4n) is 1.72. The van der Waals surface area contributed by atoms with E-state index >= 15 is 0 Å². The molecular formula is C15H15BrClNO2. The van der Waals surface area contributed by atoms with Crippen molar-refractivity contribution in [2.75, 3.05) is 13.2 Å². The van der Waals surface area contributed by atoms with Crippen LogP contribution in [0.2, 0.25) is 5.02 Å². The molecule has 0 aliphatic rings. The van der Waals surface area contributed by atoms with Crippen molar-refractivity contribution in [3.8, 4) is 11.5 Å². The van der Waals surface area contributed by atoms with Crippen molar-refractivity contribution < 1.29 is 9.47 Å². The van der Waals surface area contributed by atoms with Crippen molar-refractivity contribution in [1.29, 1.82) is 0 Å². The Hall–Kier alpha value is -1.23. The number of benzene rings is 2. The molecule has 0 saturated heterocycles. The highest BCUT2D eigenvalue weighted by Crippen LogP contribution is 2.22. The maximum Gasteiger partial charge on any atom is 0.124 e. The summed E-state index contributed by atoms with van der Waals surface area (Å²) in [5.41, 5.74) is 6.55. The molecule has 3 nitrogen and oxygen atoms in total. The van der Waals surface area contributed by atoms with E-state index < -0.39 is 0 Å². The van der Waals surface area contributed by atoms with Crippen LogP contribution in [-0.2, 0) is 6.54 Å². The minimum absolute atomic E-state index is 0.391. The number of hydrogen-bond acceptors (Lipinski definition) is 3. The standard InChI is InChI=1S/C15H15BrClNO2/c16-12-2-1-3-14(9-12)19-6-7-20-15-5-4-13(17)8-11(15)10-18/h1-5,8-9H,6-7,10,18H2. The lowest BCUT2D eigenvalue weighted by Crippen LogP contribution is -2.11. The number of nitrogens with two attached hydrogens (primary N) is 1. The normalized spacial score (nSPS) is 10.3. The predicted molar refractivity (Wildman–Crippen MR) is 84.5 cm³/mol. The Morgan fingerprint density at radius 3 is 2.60 bits per heavy atom. The second kappa shape index (κ2) is 7.53. The summed E-state index contributed by atoms with van der Waals surface area (Å²) in [5, 5.41) is 0.656. The van der Waals surface area contributed by atoms with Gasteiger partial charge in [-0.25, -0.2) is 0 Å². The van der Waals surface area contributed by atoms with Crippen LogP contribution in [0.25, 0.3) is 0 Å². The Morgan fingerprint density at radius 2 is 1.85 bits per heavy atom. The largest absolute Gasteiger partial charge is 0.490 e. The van der Waals surface area contributed by atoms with Crippen molar-refractivity contribution in [2.45, 2.75) is 6.54 Å². The molecule has 0 unspecified atom stereocenters. The van der Waals surface area contributed by atoms with Gasteiger partial charge in [0.25, 0.3) is 0 Å². The van der Waals surface area contributed by atoms with Gasteiger partial charge < -0.3 is 15.2 Å². The molecule has 106 valence electrons. The Morgan fingerprint density at radius 1 is 1.05 bits per heavy atom. The Labute approximate surface area is 131 Å². The van der Waals surface area contributed by atoms with E-state index in [2.05, 4.69) is 15.9 Å². The fourth-order valence-corrected chi connectivity index (χ4v) is 2.29. The van der Waals surface area contributed by atoms with Crippen LogP contribution >= 0.6 is 27.5 Å². The molecule has 20 heavy (non-hydrogen) atoms. The molecule has 0 saturated carbocycles. The predicted octanol–water partition coefficient (Wildman–Crippen LogP) is 4.02. The molecule has 0 fully saturated rings. The number of ether oxygens (including phenoxy) is 2. The highest BCUT2D eigenvalue weighted by Gasteiger charge is 2.03. The van der Waals surface area contributed by atoms with E-state index in [1.807, 2.05) is 36.4 Å². The molecule has 2 N–H and O–H groups in total. The third-order valence-corrected chi connectivity index (χ3v) is 3.38. The maximum atomic E-state index is 5.91. The summed E-state index contributed by atoms with van der Waals surface area (Å²) in [6.07, 6.45) is 0. The third kappa shape index (κ3) is 4.40. The van der Waals surface area contributed by atoms with Crippen LogP contribution in [-0.4, -0.2) is 13.2 Å². The van der Waals surface area contributed by atoms with Gasteiger partial charge in [0, 0.05) is 21.6 Å². The Balaban J connectivity index is 1.84. The summed E-state index contributed by atoms with van der Waals surface area (Å²) in [6, 6.07) is 13.1. The molecule has 2 rings (SSSR count). The first-order chi connectivity index (χ1) is 9.69. The summed E-state index contributed by atoms with van der Waals surface area (Å²) >= 11 is 9.31. The molecule has 0 bridgehead atoms. The molecular weight excluding hydrogens is 342 g/mol. The fraction of sp³-hybridized carbons (Fsp3) is 0.200. The average Bonchev–Trinajstić information content (AvgIpc) is 2.45. The molecule has 5 heteroatoms. The maximum absolute atomic E-state index is 5.91. The van der Waals surface area contributed by atoms with Gasteiger partial charge in [0.1, 0.15) is 24.7 Å². The van der Waals surface area contributed by atoms with Gasteiger partial charge in [0.2, 0.25) is 0 Å². The Bertz CT molecular complexity index is 578. The van der Waals surface area contributed by atoms with Crippen LogP contribution in [0.5, 0.6) is 11.5 Å². The van der Waals surface area contributed by atoms with Crippen LogP contribution in [0, 0.1) is 0 Å². The average molecular weight is 357 g/mol. The second-order valence-corrected chi connectivity index (χ2v) is 5.46. The smallest absolute Gasteiger partial charge is 0.124 e. The lowest BCUT2D eigenvalue weighted by Gasteiger charge is -2.11. The number of hydrogen-bond donors (Lipinski definition) is 1. The summed E-state index contributed by atoms with van der Waals surface area (Å²) in [5.74, 6) is 1.55. The quantitative estimate of drug-likeness (QED) is 0.795. The first kappa shape index (κ1) is 15.2. The van der Waals surface area contributed by atoms with E-state index in [0.29, 0.717) is 24.8 Å². The van der Waals surface area contributed by atoms with Crippen LogP contribution in [0.3, 0.4) is 0 Å². The lowest BCUT2D eigenvalue weighted by atomic mass is 10.2. The van der Waals surface area contributed by atoms with E-state index in [0.717, 1.165) is 21.5 Å². The van der Waals surface area contributed by atoms with Gasteiger partial charge in [0.05, 0.1) is 0 Å². The van der Waals surface area contributed by atoms with Gasteiger partial charge in [-0.3, -0.25) is 0 Å². The molecule has 0 aliphatic carbocycles. The topological polar surface area (TPSA) is 44.5 Å². The molecule has 0 aliphatic heterocycles. The number of halogens is 2. The van der Waals surface area contributed by atoms with Crippen LogP contribution < -0.4 is 15.2 Å². The Kier molecular flexibility index (Phi) is 5.71. The van der Waals surface area contributed by atoms with E-state index in [-0.39, 0.29) is 0 Å². The minimum Gasteiger partial charge on any atom is -0.490 e. The molecule has 0 aromatic heterocycles. The molecule has 2 aromatic carbocycles. The molecule has 0 heterocycles. The highest BCUT2D eigenvalue weighted by molar-refractivity contribution is 9.10. The summed E-state index contributed by atoms with van der Waals surface area (Å²) < 4.78 is 12.2.